The molecule has 3 N–H and O–H groups in total. The number of nitrogens with zero attached hydrogens (tertiary/aromatic N) is 1. The lowest BCUT2D eigenvalue weighted by atomic mass is 9.89. The second-order valence-electron chi connectivity index (χ2n) is 12.3. The zero-order chi connectivity index (χ0) is 31.7. The van der Waals surface area contributed by atoms with Crippen LogP contribution in [0.5, 0.6) is 11.5 Å². The number of rotatable bonds is 16. The van der Waals surface area contributed by atoms with E-state index in [2.05, 4.69) is 0 Å². The van der Waals surface area contributed by atoms with Crippen molar-refractivity contribution in [3.05, 3.63) is 59.2 Å². The summed E-state index contributed by atoms with van der Waals surface area (Å²) in [6.07, 6.45) is 1.64. The largest absolute Gasteiger partial charge is 0.508 e. The molecule has 0 amide bonds. The second kappa shape index (κ2) is 15.4. The lowest BCUT2D eigenvalue weighted by Gasteiger charge is -2.29. The van der Waals surface area contributed by atoms with E-state index in [-0.39, 0.29) is 23.7 Å². The van der Waals surface area contributed by atoms with Crippen molar-refractivity contribution in [2.75, 3.05) is 31.1 Å². The molecule has 0 heterocycles. The predicted molar refractivity (Wildman–Crippen MR) is 166 cm³/mol. The van der Waals surface area contributed by atoms with Gasteiger partial charge in [0.1, 0.15) is 11.5 Å². The van der Waals surface area contributed by atoms with Gasteiger partial charge in [0.05, 0.1) is 23.5 Å². The molecule has 0 saturated heterocycles. The SMILES string of the molecule is CC(C)(O)CN(CCCCCCC1=C(c2cccc(O)c2)CCCc2cc(O)ccc21)CCCS(=O)(=O)CCC(F)(F)F. The van der Waals surface area contributed by atoms with Crippen LogP contribution in [0.25, 0.3) is 11.1 Å². The van der Waals surface area contributed by atoms with E-state index in [1.807, 2.05) is 29.2 Å². The molecule has 6 nitrogen and oxygen atoms in total. The minimum absolute atomic E-state index is 0.219. The zero-order valence-electron chi connectivity index (χ0n) is 25.3. The number of aliphatic hydroxyl groups is 1. The first-order valence-corrected chi connectivity index (χ1v) is 17.0. The molecule has 0 atom stereocenters. The fourth-order valence-corrected chi connectivity index (χ4v) is 7.15. The number of aromatic hydroxyl groups is 2. The molecule has 2 aromatic rings. The van der Waals surface area contributed by atoms with Crippen molar-refractivity contribution >= 4 is 21.0 Å². The summed E-state index contributed by atoms with van der Waals surface area (Å²) >= 11 is 0. The van der Waals surface area contributed by atoms with Crippen LogP contribution in [0.2, 0.25) is 0 Å². The predicted octanol–water partition coefficient (Wildman–Crippen LogP) is 7.13. The number of alkyl halides is 3. The molecule has 3 rings (SSSR count). The summed E-state index contributed by atoms with van der Waals surface area (Å²) in [4.78, 5) is 2.00. The van der Waals surface area contributed by atoms with E-state index in [1.54, 1.807) is 32.0 Å². The number of phenolic OH excluding ortho intramolecular Hbond substituents is 2. The number of benzene rings is 2. The maximum atomic E-state index is 12.4. The van der Waals surface area contributed by atoms with Crippen LogP contribution in [0.15, 0.2) is 42.5 Å². The van der Waals surface area contributed by atoms with Crippen LogP contribution in [-0.4, -0.2) is 71.6 Å². The lowest BCUT2D eigenvalue weighted by molar-refractivity contribution is -0.129. The highest BCUT2D eigenvalue weighted by Gasteiger charge is 2.30. The number of hydrogen-bond acceptors (Lipinski definition) is 6. The van der Waals surface area contributed by atoms with Gasteiger partial charge in [0.25, 0.3) is 0 Å². The van der Waals surface area contributed by atoms with Gasteiger partial charge in [-0.3, -0.25) is 0 Å². The highest BCUT2D eigenvalue weighted by atomic mass is 32.2. The van der Waals surface area contributed by atoms with E-state index in [0.717, 1.165) is 68.1 Å². The van der Waals surface area contributed by atoms with Crippen LogP contribution in [0.4, 0.5) is 13.2 Å². The summed E-state index contributed by atoms with van der Waals surface area (Å²) in [5.74, 6) is -0.708. The molecule has 0 aliphatic heterocycles. The summed E-state index contributed by atoms with van der Waals surface area (Å²) in [6, 6.07) is 12.9. The van der Waals surface area contributed by atoms with Gasteiger partial charge in [-0.05, 0) is 124 Å². The highest BCUT2D eigenvalue weighted by Crippen LogP contribution is 2.40. The molecule has 0 aromatic heterocycles. The van der Waals surface area contributed by atoms with Gasteiger partial charge in [-0.15, -0.1) is 0 Å². The maximum Gasteiger partial charge on any atom is 0.390 e. The van der Waals surface area contributed by atoms with E-state index in [0.29, 0.717) is 19.6 Å². The average molecular weight is 626 g/mol. The molecular formula is C33H46F3NO5S. The van der Waals surface area contributed by atoms with E-state index in [1.165, 1.54) is 11.1 Å². The topological polar surface area (TPSA) is 98.1 Å². The standard InChI is InChI=1S/C33H46F3NO5S/c1-32(2,40)24-37(19-9-20-43(41,42)21-17-33(34,35)36)18-6-4-3-5-13-31-29(25-10-7-12-27(38)22-25)14-8-11-26-23-28(39)15-16-30(26)31/h7,10,12,15-16,22-23,38-40H,3-6,8-9,11,13-14,17-21,24H2,1-2H3. The Kier molecular flexibility index (Phi) is 12.5. The fourth-order valence-electron chi connectivity index (χ4n) is 5.84. The van der Waals surface area contributed by atoms with Gasteiger partial charge in [-0.25, -0.2) is 8.42 Å². The molecule has 0 unspecified atom stereocenters. The van der Waals surface area contributed by atoms with Crippen molar-refractivity contribution in [2.24, 2.45) is 0 Å². The van der Waals surface area contributed by atoms with Crippen molar-refractivity contribution < 1.29 is 36.9 Å². The molecule has 0 bridgehead atoms. The molecule has 0 fully saturated rings. The first-order valence-electron chi connectivity index (χ1n) is 15.2. The van der Waals surface area contributed by atoms with Crippen molar-refractivity contribution in [1.29, 1.82) is 0 Å². The Morgan fingerprint density at radius 1 is 0.860 bits per heavy atom. The molecule has 0 saturated carbocycles. The number of phenols is 2. The summed E-state index contributed by atoms with van der Waals surface area (Å²) in [5, 5.41) is 30.5. The molecule has 1 aliphatic carbocycles. The maximum absolute atomic E-state index is 12.4. The van der Waals surface area contributed by atoms with Crippen LogP contribution in [0.3, 0.4) is 0 Å². The van der Waals surface area contributed by atoms with Crippen LogP contribution >= 0.6 is 0 Å². The van der Waals surface area contributed by atoms with Gasteiger partial charge >= 0.3 is 6.18 Å². The molecule has 240 valence electrons. The highest BCUT2D eigenvalue weighted by molar-refractivity contribution is 7.91. The Balaban J connectivity index is 1.57. The number of aryl methyl sites for hydroxylation is 1. The van der Waals surface area contributed by atoms with Gasteiger partial charge < -0.3 is 20.2 Å². The van der Waals surface area contributed by atoms with Crippen LogP contribution in [0.1, 0.15) is 88.3 Å². The second-order valence-corrected chi connectivity index (χ2v) is 14.6. The quantitative estimate of drug-likeness (QED) is 0.172. The average Bonchev–Trinajstić information content (AvgIpc) is 3.07. The Morgan fingerprint density at radius 2 is 1.56 bits per heavy atom. The smallest absolute Gasteiger partial charge is 0.390 e. The Bertz CT molecular complexity index is 1330. The normalized spacial score (nSPS) is 14.7. The number of allylic oxidation sites excluding steroid dienone is 2. The van der Waals surface area contributed by atoms with Gasteiger partial charge in [-0.1, -0.05) is 31.0 Å². The molecule has 43 heavy (non-hydrogen) atoms. The Morgan fingerprint density at radius 3 is 2.26 bits per heavy atom. The van der Waals surface area contributed by atoms with Crippen molar-refractivity contribution in [3.8, 4) is 11.5 Å². The number of sulfone groups is 1. The van der Waals surface area contributed by atoms with E-state index < -0.39 is 33.8 Å². The number of unbranched alkanes of at least 4 members (excludes halogenated alkanes) is 3. The molecule has 0 spiro atoms. The summed E-state index contributed by atoms with van der Waals surface area (Å²) in [5.41, 5.74) is 4.78. The van der Waals surface area contributed by atoms with E-state index in [9.17, 15) is 36.9 Å². The molecule has 1 aliphatic rings. The van der Waals surface area contributed by atoms with Crippen LogP contribution in [-0.2, 0) is 16.3 Å². The minimum Gasteiger partial charge on any atom is -0.508 e. The van der Waals surface area contributed by atoms with Crippen molar-refractivity contribution in [2.45, 2.75) is 89.8 Å². The van der Waals surface area contributed by atoms with Crippen molar-refractivity contribution in [1.82, 2.24) is 4.90 Å². The third-order valence-corrected chi connectivity index (χ3v) is 9.47. The van der Waals surface area contributed by atoms with E-state index in [4.69, 9.17) is 0 Å². The summed E-state index contributed by atoms with van der Waals surface area (Å²) < 4.78 is 61.4. The Labute approximate surface area is 254 Å². The lowest BCUT2D eigenvalue weighted by Crippen LogP contribution is -2.40. The van der Waals surface area contributed by atoms with E-state index >= 15 is 0 Å². The molecule has 10 heteroatoms. The third kappa shape index (κ3) is 12.5. The Hall–Kier alpha value is -2.56. The summed E-state index contributed by atoms with van der Waals surface area (Å²) in [7, 11) is -3.79. The summed E-state index contributed by atoms with van der Waals surface area (Å²) in [6.45, 7) is 4.76. The number of fused-ring (bicyclic) bond motifs is 1. The van der Waals surface area contributed by atoms with Gasteiger partial charge in [0, 0.05) is 6.54 Å². The zero-order valence-corrected chi connectivity index (χ0v) is 26.1. The first kappa shape index (κ1) is 34.9. The van der Waals surface area contributed by atoms with Crippen LogP contribution in [0, 0.1) is 0 Å². The molecule has 0 radical (unpaired) electrons. The monoisotopic (exact) mass is 625 g/mol. The molecular weight excluding hydrogens is 579 g/mol. The first-order chi connectivity index (χ1) is 20.1. The number of hydrogen-bond donors (Lipinski definition) is 3. The van der Waals surface area contributed by atoms with Crippen molar-refractivity contribution in [3.63, 3.8) is 0 Å². The van der Waals surface area contributed by atoms with Gasteiger partial charge in [0.2, 0.25) is 0 Å². The van der Waals surface area contributed by atoms with Gasteiger partial charge in [0.15, 0.2) is 9.84 Å². The fraction of sp³-hybridized carbons (Fsp3) is 0.576. The van der Waals surface area contributed by atoms with Crippen LogP contribution < -0.4 is 0 Å². The van der Waals surface area contributed by atoms with Gasteiger partial charge in [-0.2, -0.15) is 13.2 Å². The number of halogens is 3. The minimum atomic E-state index is -4.49. The third-order valence-electron chi connectivity index (χ3n) is 7.73. The molecule has 2 aromatic carbocycles.